The van der Waals surface area contributed by atoms with Crippen molar-refractivity contribution in [2.45, 2.75) is 6.10 Å². The number of hydrogen-bond donors (Lipinski definition) is 2. The highest BCUT2D eigenvalue weighted by Gasteiger charge is 2.18. The maximum atomic E-state index is 12.6. The summed E-state index contributed by atoms with van der Waals surface area (Å²) in [5.74, 6) is 0.706. The molecule has 0 fully saturated rings. The van der Waals surface area contributed by atoms with E-state index in [1.807, 2.05) is 29.1 Å². The molecule has 2 aromatic carbocycles. The fraction of sp³-hybridized carbons (Fsp3) is 0.190. The second kappa shape index (κ2) is 8.82. The number of benzene rings is 2. The number of rotatable bonds is 7. The fourth-order valence-electron chi connectivity index (χ4n) is 2.81. The summed E-state index contributed by atoms with van der Waals surface area (Å²) in [5.41, 5.74) is 1.68. The molecule has 1 unspecified atom stereocenters. The van der Waals surface area contributed by atoms with Gasteiger partial charge in [0.1, 0.15) is 11.5 Å². The Bertz CT molecular complexity index is 940. The molecule has 0 aliphatic rings. The molecule has 3 aromatic rings. The van der Waals surface area contributed by atoms with Gasteiger partial charge in [0.2, 0.25) is 0 Å². The SMILES string of the molecule is COc1ccc(C(O)CNC(=O)c2cc(Cl)c(-n3cccc3)cc2OC)cc1. The van der Waals surface area contributed by atoms with Crippen molar-refractivity contribution < 1.29 is 19.4 Å². The molecule has 0 saturated heterocycles. The first-order chi connectivity index (χ1) is 13.5. The molecule has 1 aromatic heterocycles. The highest BCUT2D eigenvalue weighted by Crippen LogP contribution is 2.30. The summed E-state index contributed by atoms with van der Waals surface area (Å²) >= 11 is 6.36. The molecule has 3 rings (SSSR count). The molecule has 146 valence electrons. The van der Waals surface area contributed by atoms with E-state index in [-0.39, 0.29) is 12.5 Å². The van der Waals surface area contributed by atoms with Crippen molar-refractivity contribution in [3.05, 3.63) is 77.1 Å². The average Bonchev–Trinajstić information content (AvgIpc) is 3.26. The van der Waals surface area contributed by atoms with Crippen LogP contribution in [0, 0.1) is 0 Å². The largest absolute Gasteiger partial charge is 0.497 e. The van der Waals surface area contributed by atoms with Crippen LogP contribution in [-0.4, -0.2) is 36.3 Å². The van der Waals surface area contributed by atoms with E-state index < -0.39 is 6.10 Å². The van der Waals surface area contributed by atoms with Gasteiger partial charge in [-0.05, 0) is 35.9 Å². The number of carbonyl (C=O) groups is 1. The number of nitrogens with one attached hydrogen (secondary N) is 1. The lowest BCUT2D eigenvalue weighted by atomic mass is 10.1. The first kappa shape index (κ1) is 19.8. The number of nitrogens with zero attached hydrogens (tertiary/aromatic N) is 1. The van der Waals surface area contributed by atoms with Crippen LogP contribution >= 0.6 is 11.6 Å². The Kier molecular flexibility index (Phi) is 6.23. The van der Waals surface area contributed by atoms with Crippen LogP contribution in [0.5, 0.6) is 11.5 Å². The van der Waals surface area contributed by atoms with Gasteiger partial charge in [0, 0.05) is 25.0 Å². The van der Waals surface area contributed by atoms with Crippen LogP contribution in [0.25, 0.3) is 5.69 Å². The van der Waals surface area contributed by atoms with Crippen molar-refractivity contribution in [1.29, 1.82) is 0 Å². The van der Waals surface area contributed by atoms with Gasteiger partial charge in [-0.15, -0.1) is 0 Å². The lowest BCUT2D eigenvalue weighted by molar-refractivity contribution is 0.0913. The van der Waals surface area contributed by atoms with E-state index in [1.165, 1.54) is 7.11 Å². The minimum absolute atomic E-state index is 0.0469. The smallest absolute Gasteiger partial charge is 0.255 e. The van der Waals surface area contributed by atoms with Gasteiger partial charge in [-0.25, -0.2) is 0 Å². The van der Waals surface area contributed by atoms with Gasteiger partial charge in [0.25, 0.3) is 5.91 Å². The summed E-state index contributed by atoms with van der Waals surface area (Å²) in [5, 5.41) is 13.4. The third kappa shape index (κ3) is 4.30. The van der Waals surface area contributed by atoms with E-state index in [9.17, 15) is 9.90 Å². The zero-order chi connectivity index (χ0) is 20.1. The molecule has 1 heterocycles. The molecule has 0 bridgehead atoms. The zero-order valence-electron chi connectivity index (χ0n) is 15.6. The van der Waals surface area contributed by atoms with Crippen molar-refractivity contribution >= 4 is 17.5 Å². The first-order valence-corrected chi connectivity index (χ1v) is 9.02. The van der Waals surface area contributed by atoms with Crippen LogP contribution in [-0.2, 0) is 0 Å². The molecule has 0 aliphatic carbocycles. The number of hydrogen-bond acceptors (Lipinski definition) is 4. The Morgan fingerprint density at radius 1 is 1.14 bits per heavy atom. The van der Waals surface area contributed by atoms with Gasteiger partial charge in [0.05, 0.1) is 36.6 Å². The van der Waals surface area contributed by atoms with Crippen LogP contribution < -0.4 is 14.8 Å². The van der Waals surface area contributed by atoms with E-state index in [0.29, 0.717) is 33.3 Å². The molecule has 0 radical (unpaired) electrons. The van der Waals surface area contributed by atoms with Crippen molar-refractivity contribution in [1.82, 2.24) is 9.88 Å². The van der Waals surface area contributed by atoms with Crippen LogP contribution in [0.2, 0.25) is 5.02 Å². The van der Waals surface area contributed by atoms with E-state index in [2.05, 4.69) is 5.32 Å². The monoisotopic (exact) mass is 400 g/mol. The van der Waals surface area contributed by atoms with E-state index >= 15 is 0 Å². The second-order valence-electron chi connectivity index (χ2n) is 6.09. The number of methoxy groups -OCH3 is 2. The van der Waals surface area contributed by atoms with Gasteiger partial charge in [0.15, 0.2) is 0 Å². The second-order valence-corrected chi connectivity index (χ2v) is 6.50. The molecule has 7 heteroatoms. The standard InChI is InChI=1S/C21H21ClN2O4/c1-27-15-7-5-14(6-8-15)19(25)13-23-21(26)16-11-17(22)18(12-20(16)28-2)24-9-3-4-10-24/h3-12,19,25H,13H2,1-2H3,(H,23,26). The molecule has 0 saturated carbocycles. The van der Waals surface area contributed by atoms with Gasteiger partial charge in [-0.2, -0.15) is 0 Å². The molecule has 0 aliphatic heterocycles. The van der Waals surface area contributed by atoms with Crippen LogP contribution in [0.15, 0.2) is 60.9 Å². The number of amides is 1. The lowest BCUT2D eigenvalue weighted by Gasteiger charge is -2.16. The number of carbonyl (C=O) groups excluding carboxylic acids is 1. The molecular formula is C21H21ClN2O4. The molecule has 28 heavy (non-hydrogen) atoms. The minimum Gasteiger partial charge on any atom is -0.497 e. The summed E-state index contributed by atoms with van der Waals surface area (Å²) in [6, 6.07) is 14.0. The van der Waals surface area contributed by atoms with E-state index in [0.717, 1.165) is 0 Å². The summed E-state index contributed by atoms with van der Waals surface area (Å²) < 4.78 is 12.3. The molecule has 1 amide bonds. The van der Waals surface area contributed by atoms with Gasteiger partial charge in [-0.3, -0.25) is 4.79 Å². The van der Waals surface area contributed by atoms with Crippen molar-refractivity contribution in [3.63, 3.8) is 0 Å². The van der Waals surface area contributed by atoms with Crippen LogP contribution in [0.4, 0.5) is 0 Å². The van der Waals surface area contributed by atoms with Crippen LogP contribution in [0.3, 0.4) is 0 Å². The minimum atomic E-state index is -0.851. The Morgan fingerprint density at radius 2 is 1.82 bits per heavy atom. The molecular weight excluding hydrogens is 380 g/mol. The van der Waals surface area contributed by atoms with Gasteiger partial charge < -0.3 is 24.5 Å². The predicted octanol–water partition coefficient (Wildman–Crippen LogP) is 3.61. The molecule has 0 spiro atoms. The summed E-state index contributed by atoms with van der Waals surface area (Å²) in [7, 11) is 3.07. The Labute approximate surface area is 168 Å². The summed E-state index contributed by atoms with van der Waals surface area (Å²) in [4.78, 5) is 12.6. The highest BCUT2D eigenvalue weighted by atomic mass is 35.5. The van der Waals surface area contributed by atoms with Gasteiger partial charge in [-0.1, -0.05) is 23.7 Å². The van der Waals surface area contributed by atoms with Crippen molar-refractivity contribution in [2.75, 3.05) is 20.8 Å². The number of aromatic nitrogens is 1. The lowest BCUT2D eigenvalue weighted by Crippen LogP contribution is -2.28. The number of halogens is 1. The van der Waals surface area contributed by atoms with Crippen LogP contribution in [0.1, 0.15) is 22.0 Å². The quantitative estimate of drug-likeness (QED) is 0.635. The van der Waals surface area contributed by atoms with Crippen molar-refractivity contribution in [3.8, 4) is 17.2 Å². The third-order valence-electron chi connectivity index (χ3n) is 4.35. The predicted molar refractivity (Wildman–Crippen MR) is 108 cm³/mol. The molecule has 2 N–H and O–H groups in total. The number of aliphatic hydroxyl groups is 1. The van der Waals surface area contributed by atoms with E-state index in [1.54, 1.807) is 43.5 Å². The molecule has 1 atom stereocenters. The highest BCUT2D eigenvalue weighted by molar-refractivity contribution is 6.33. The fourth-order valence-corrected chi connectivity index (χ4v) is 3.07. The third-order valence-corrected chi connectivity index (χ3v) is 4.66. The molecule has 6 nitrogen and oxygen atoms in total. The maximum Gasteiger partial charge on any atom is 0.255 e. The maximum absolute atomic E-state index is 12.6. The number of aliphatic hydroxyl groups excluding tert-OH is 1. The van der Waals surface area contributed by atoms with Gasteiger partial charge >= 0.3 is 0 Å². The first-order valence-electron chi connectivity index (χ1n) is 8.64. The Morgan fingerprint density at radius 3 is 2.43 bits per heavy atom. The van der Waals surface area contributed by atoms with E-state index in [4.69, 9.17) is 21.1 Å². The van der Waals surface area contributed by atoms with Crippen molar-refractivity contribution in [2.24, 2.45) is 0 Å². The topological polar surface area (TPSA) is 72.7 Å². The summed E-state index contributed by atoms with van der Waals surface area (Å²) in [6.45, 7) is 0.0469. The Balaban J connectivity index is 1.73. The number of ether oxygens (including phenoxy) is 2. The summed E-state index contributed by atoms with van der Waals surface area (Å²) in [6.07, 6.45) is 2.85. The Hall–Kier alpha value is -2.96. The average molecular weight is 401 g/mol. The zero-order valence-corrected chi connectivity index (χ0v) is 16.3. The normalized spacial score (nSPS) is 11.7.